The molecule has 0 spiro atoms. The Hall–Kier alpha value is -6.85. The summed E-state index contributed by atoms with van der Waals surface area (Å²) in [6.07, 6.45) is 0. The molecule has 0 bridgehead atoms. The molecule has 0 aliphatic rings. The van der Waals surface area contributed by atoms with E-state index in [0.717, 1.165) is 55.4 Å². The van der Waals surface area contributed by atoms with Gasteiger partial charge < -0.3 is 8.98 Å². The summed E-state index contributed by atoms with van der Waals surface area (Å²) < 4.78 is 8.57. The van der Waals surface area contributed by atoms with Crippen LogP contribution in [0.4, 0.5) is 0 Å². The van der Waals surface area contributed by atoms with E-state index in [1.54, 1.807) is 0 Å². The van der Waals surface area contributed by atoms with Crippen LogP contribution in [0.3, 0.4) is 0 Å². The second kappa shape index (κ2) is 11.4. The lowest BCUT2D eigenvalue weighted by atomic mass is 10.0. The fourth-order valence-corrected chi connectivity index (χ4v) is 7.08. The summed E-state index contributed by atoms with van der Waals surface area (Å²) in [5.41, 5.74) is 10.0. The second-order valence-electron chi connectivity index (χ2n) is 12.5. The van der Waals surface area contributed by atoms with Crippen LogP contribution in [0.1, 0.15) is 0 Å². The number of rotatable bonds is 5. The monoisotopic (exact) mass is 640 g/mol. The normalized spacial score (nSPS) is 11.6. The van der Waals surface area contributed by atoms with Crippen molar-refractivity contribution in [2.75, 3.05) is 0 Å². The highest BCUT2D eigenvalue weighted by atomic mass is 16.3. The number of benzene rings is 7. The molecule has 5 nitrogen and oxygen atoms in total. The summed E-state index contributed by atoms with van der Waals surface area (Å²) in [4.78, 5) is 15.0. The summed E-state index contributed by atoms with van der Waals surface area (Å²) in [7, 11) is 0. The van der Waals surface area contributed by atoms with Crippen molar-refractivity contribution in [2.24, 2.45) is 0 Å². The number of hydrogen-bond donors (Lipinski definition) is 0. The van der Waals surface area contributed by atoms with Gasteiger partial charge in [-0.25, -0.2) is 15.0 Å². The number of furan rings is 1. The Bertz CT molecular complexity index is 2830. The number of nitrogens with zero attached hydrogens (tertiary/aromatic N) is 4. The summed E-state index contributed by atoms with van der Waals surface area (Å²) in [6, 6.07) is 58.7. The molecule has 5 heteroatoms. The fourth-order valence-electron chi connectivity index (χ4n) is 7.08. The smallest absolute Gasteiger partial charge is 0.164 e. The largest absolute Gasteiger partial charge is 0.456 e. The minimum Gasteiger partial charge on any atom is -0.456 e. The van der Waals surface area contributed by atoms with Gasteiger partial charge in [0.05, 0.1) is 11.0 Å². The first-order valence-corrected chi connectivity index (χ1v) is 16.7. The molecule has 0 atom stereocenters. The van der Waals surface area contributed by atoms with E-state index in [0.29, 0.717) is 17.5 Å². The first-order valence-electron chi connectivity index (χ1n) is 16.7. The lowest BCUT2D eigenvalue weighted by molar-refractivity contribution is 0.669. The van der Waals surface area contributed by atoms with Crippen molar-refractivity contribution in [3.05, 3.63) is 170 Å². The zero-order valence-electron chi connectivity index (χ0n) is 26.9. The van der Waals surface area contributed by atoms with Crippen LogP contribution >= 0.6 is 0 Å². The van der Waals surface area contributed by atoms with Crippen molar-refractivity contribution >= 4 is 43.7 Å². The molecule has 0 amide bonds. The van der Waals surface area contributed by atoms with Crippen molar-refractivity contribution in [1.29, 1.82) is 0 Å². The SMILES string of the molecule is c1ccc(-c2nc(-c3cccc(-c4cccc(-n5c6ccccc6c6ccccc65)c4)c3)nc(-c3ccc4c(c3)oc3ccccc34)n2)cc1. The second-order valence-corrected chi connectivity index (χ2v) is 12.5. The molecule has 7 aromatic carbocycles. The summed E-state index contributed by atoms with van der Waals surface area (Å²) in [5.74, 6) is 1.82. The molecule has 10 aromatic rings. The van der Waals surface area contributed by atoms with E-state index in [-0.39, 0.29) is 0 Å². The third-order valence-corrected chi connectivity index (χ3v) is 9.44. The van der Waals surface area contributed by atoms with E-state index in [2.05, 4.69) is 120 Å². The van der Waals surface area contributed by atoms with Crippen LogP contribution in [0, 0.1) is 0 Å². The standard InChI is InChI=1S/C45H28N4O/c1-2-12-29(13-3-1)43-46-44(48-45(47-43)33-24-25-38-37-20-6-9-23-41(37)50-42(38)28-33)32-16-10-14-30(26-32)31-15-11-17-34(27-31)49-39-21-7-4-18-35(39)36-19-5-8-22-40(36)49/h1-28H. The summed E-state index contributed by atoms with van der Waals surface area (Å²) in [6.45, 7) is 0. The number of hydrogen-bond acceptors (Lipinski definition) is 4. The molecule has 0 fully saturated rings. The van der Waals surface area contributed by atoms with Crippen LogP contribution in [-0.4, -0.2) is 19.5 Å². The maximum atomic E-state index is 6.22. The van der Waals surface area contributed by atoms with Crippen molar-refractivity contribution in [1.82, 2.24) is 19.5 Å². The van der Waals surface area contributed by atoms with Gasteiger partial charge >= 0.3 is 0 Å². The first-order chi connectivity index (χ1) is 24.8. The van der Waals surface area contributed by atoms with Gasteiger partial charge in [0.2, 0.25) is 0 Å². The molecule has 50 heavy (non-hydrogen) atoms. The van der Waals surface area contributed by atoms with Crippen LogP contribution in [0.2, 0.25) is 0 Å². The Morgan fingerprint density at radius 3 is 1.60 bits per heavy atom. The van der Waals surface area contributed by atoms with Gasteiger partial charge in [-0.05, 0) is 59.7 Å². The van der Waals surface area contributed by atoms with Gasteiger partial charge in [-0.3, -0.25) is 0 Å². The van der Waals surface area contributed by atoms with Gasteiger partial charge in [-0.1, -0.05) is 121 Å². The topological polar surface area (TPSA) is 56.7 Å². The lowest BCUT2D eigenvalue weighted by Crippen LogP contribution is -2.00. The Labute approximate surface area is 287 Å². The van der Waals surface area contributed by atoms with Gasteiger partial charge in [0, 0.05) is 43.9 Å². The van der Waals surface area contributed by atoms with Crippen LogP contribution in [0.5, 0.6) is 0 Å². The van der Waals surface area contributed by atoms with Gasteiger partial charge in [-0.15, -0.1) is 0 Å². The predicted molar refractivity (Wildman–Crippen MR) is 203 cm³/mol. The van der Waals surface area contributed by atoms with Crippen molar-refractivity contribution < 1.29 is 4.42 Å². The molecule has 3 heterocycles. The van der Waals surface area contributed by atoms with Gasteiger partial charge in [0.25, 0.3) is 0 Å². The zero-order valence-corrected chi connectivity index (χ0v) is 26.9. The van der Waals surface area contributed by atoms with E-state index in [1.807, 2.05) is 54.6 Å². The van der Waals surface area contributed by atoms with Gasteiger partial charge in [0.1, 0.15) is 11.2 Å². The molecule has 0 radical (unpaired) electrons. The Morgan fingerprint density at radius 1 is 0.340 bits per heavy atom. The molecule has 3 aromatic heterocycles. The third kappa shape index (κ3) is 4.67. The highest BCUT2D eigenvalue weighted by Gasteiger charge is 2.16. The molecule has 10 rings (SSSR count). The maximum Gasteiger partial charge on any atom is 0.164 e. The molecular formula is C45H28N4O. The zero-order chi connectivity index (χ0) is 33.0. The average molecular weight is 641 g/mol. The number of fused-ring (bicyclic) bond motifs is 6. The maximum absolute atomic E-state index is 6.22. The van der Waals surface area contributed by atoms with Gasteiger partial charge in [-0.2, -0.15) is 0 Å². The van der Waals surface area contributed by atoms with E-state index < -0.39 is 0 Å². The van der Waals surface area contributed by atoms with E-state index >= 15 is 0 Å². The fraction of sp³-hybridized carbons (Fsp3) is 0. The van der Waals surface area contributed by atoms with Gasteiger partial charge in [0.15, 0.2) is 17.5 Å². The predicted octanol–water partition coefficient (Wildman–Crippen LogP) is 11.5. The molecule has 0 unspecified atom stereocenters. The number of para-hydroxylation sites is 3. The molecule has 234 valence electrons. The van der Waals surface area contributed by atoms with Crippen LogP contribution in [0.15, 0.2) is 174 Å². The third-order valence-electron chi connectivity index (χ3n) is 9.44. The average Bonchev–Trinajstić information content (AvgIpc) is 3.74. The van der Waals surface area contributed by atoms with Crippen LogP contribution < -0.4 is 0 Å². The summed E-state index contributed by atoms with van der Waals surface area (Å²) in [5, 5.41) is 4.65. The minimum absolute atomic E-state index is 0.593. The number of aromatic nitrogens is 4. The first kappa shape index (κ1) is 28.2. The van der Waals surface area contributed by atoms with Crippen LogP contribution in [0.25, 0.3) is 94.7 Å². The van der Waals surface area contributed by atoms with Crippen LogP contribution in [-0.2, 0) is 0 Å². The lowest BCUT2D eigenvalue weighted by Gasteiger charge is -2.12. The van der Waals surface area contributed by atoms with E-state index in [4.69, 9.17) is 19.4 Å². The molecular weight excluding hydrogens is 613 g/mol. The summed E-state index contributed by atoms with van der Waals surface area (Å²) >= 11 is 0. The highest BCUT2D eigenvalue weighted by molar-refractivity contribution is 6.09. The van der Waals surface area contributed by atoms with Crippen molar-refractivity contribution in [2.45, 2.75) is 0 Å². The van der Waals surface area contributed by atoms with Crippen molar-refractivity contribution in [3.8, 4) is 51.0 Å². The quantitative estimate of drug-likeness (QED) is 0.188. The van der Waals surface area contributed by atoms with E-state index in [1.165, 1.54) is 21.8 Å². The van der Waals surface area contributed by atoms with Crippen molar-refractivity contribution in [3.63, 3.8) is 0 Å². The molecule has 0 aliphatic heterocycles. The highest BCUT2D eigenvalue weighted by Crippen LogP contribution is 2.35. The molecule has 0 saturated heterocycles. The minimum atomic E-state index is 0.593. The molecule has 0 saturated carbocycles. The Morgan fingerprint density at radius 2 is 0.860 bits per heavy atom. The Kier molecular flexibility index (Phi) is 6.42. The molecule has 0 aliphatic carbocycles. The molecule has 0 N–H and O–H groups in total. The van der Waals surface area contributed by atoms with E-state index in [9.17, 15) is 0 Å². The Balaban J connectivity index is 1.10.